The van der Waals surface area contributed by atoms with E-state index in [4.69, 9.17) is 11.5 Å². The van der Waals surface area contributed by atoms with Crippen LogP contribution in [0.2, 0.25) is 0 Å². The fourth-order valence-electron chi connectivity index (χ4n) is 3.55. The Labute approximate surface area is 135 Å². The smallest absolute Gasteiger partial charge is 0.0784 e. The lowest BCUT2D eigenvalue weighted by Crippen LogP contribution is -2.48. The summed E-state index contributed by atoms with van der Waals surface area (Å²) in [5.41, 5.74) is 14.0. The van der Waals surface area contributed by atoms with Gasteiger partial charge in [-0.15, -0.1) is 0 Å². The molecule has 1 fully saturated rings. The Morgan fingerprint density at radius 2 is 1.68 bits per heavy atom. The van der Waals surface area contributed by atoms with Crippen LogP contribution in [0, 0.1) is 0 Å². The van der Waals surface area contributed by atoms with Gasteiger partial charge in [-0.1, -0.05) is 12.8 Å². The molecule has 1 aromatic rings. The Morgan fingerprint density at radius 1 is 1.00 bits per heavy atom. The second-order valence-electron chi connectivity index (χ2n) is 7.17. The van der Waals surface area contributed by atoms with E-state index in [2.05, 4.69) is 12.0 Å². The molecule has 0 radical (unpaired) electrons. The number of unbranched alkanes of at least 4 members (excludes halogenated alkanes) is 4. The van der Waals surface area contributed by atoms with Crippen molar-refractivity contribution in [2.75, 3.05) is 38.1 Å². The molecule has 0 spiro atoms. The van der Waals surface area contributed by atoms with Crippen LogP contribution >= 0.6 is 0 Å². The van der Waals surface area contributed by atoms with E-state index in [9.17, 15) is 0 Å². The number of hydrogen-bond acceptors (Lipinski definition) is 3. The number of piperidine rings is 1. The number of nitrogens with two attached hydrogens (primary N) is 2. The number of quaternary nitrogens is 1. The summed E-state index contributed by atoms with van der Waals surface area (Å²) in [6.45, 7) is 4.15. The van der Waals surface area contributed by atoms with Gasteiger partial charge in [0.1, 0.15) is 0 Å². The van der Waals surface area contributed by atoms with Crippen molar-refractivity contribution < 1.29 is 4.48 Å². The van der Waals surface area contributed by atoms with Gasteiger partial charge < -0.3 is 16.0 Å². The molecule has 1 saturated heterocycles. The van der Waals surface area contributed by atoms with Crippen LogP contribution < -0.4 is 11.5 Å². The van der Waals surface area contributed by atoms with E-state index >= 15 is 0 Å². The lowest BCUT2D eigenvalue weighted by Gasteiger charge is -2.37. The van der Waals surface area contributed by atoms with Crippen LogP contribution in [0.5, 0.6) is 0 Å². The van der Waals surface area contributed by atoms with Crippen molar-refractivity contribution in [3.63, 3.8) is 0 Å². The van der Waals surface area contributed by atoms with Crippen LogP contribution in [-0.4, -0.2) is 36.1 Å². The normalized spacial score (nSPS) is 17.5. The van der Waals surface area contributed by atoms with Crippen molar-refractivity contribution in [3.8, 4) is 0 Å². The summed E-state index contributed by atoms with van der Waals surface area (Å²) in [6.07, 6.45) is 13.5. The molecule has 1 aromatic heterocycles. The van der Waals surface area contributed by atoms with Crippen LogP contribution in [0.15, 0.2) is 12.3 Å². The molecule has 2 heterocycles. The Balaban J connectivity index is 1.54. The zero-order valence-corrected chi connectivity index (χ0v) is 14.2. The fourth-order valence-corrected chi connectivity index (χ4v) is 3.55. The third-order valence-corrected chi connectivity index (χ3v) is 5.03. The van der Waals surface area contributed by atoms with Crippen LogP contribution in [0.1, 0.15) is 57.1 Å². The number of anilines is 2. The molecular weight excluding hydrogens is 272 g/mol. The van der Waals surface area contributed by atoms with Crippen molar-refractivity contribution in [2.45, 2.75) is 57.8 Å². The average molecular weight is 305 g/mol. The van der Waals surface area contributed by atoms with E-state index in [1.165, 1.54) is 75.5 Å². The van der Waals surface area contributed by atoms with Gasteiger partial charge in [0.05, 0.1) is 49.9 Å². The molecule has 0 atom stereocenters. The van der Waals surface area contributed by atoms with Gasteiger partial charge in [-0.3, -0.25) is 4.98 Å². The first-order chi connectivity index (χ1) is 10.6. The van der Waals surface area contributed by atoms with Gasteiger partial charge in [0, 0.05) is 0 Å². The molecule has 2 rings (SSSR count). The molecule has 0 unspecified atom stereocenters. The van der Waals surface area contributed by atoms with E-state index in [1.807, 2.05) is 6.07 Å². The SMILES string of the molecule is C[N+]1(CCCCCCCc2ncc(N)cc2N)CCCCC1. The van der Waals surface area contributed by atoms with Gasteiger partial charge in [-0.2, -0.15) is 0 Å². The van der Waals surface area contributed by atoms with Gasteiger partial charge in [0.15, 0.2) is 0 Å². The molecule has 4 N–H and O–H groups in total. The molecule has 1 aliphatic heterocycles. The Morgan fingerprint density at radius 3 is 2.41 bits per heavy atom. The van der Waals surface area contributed by atoms with E-state index in [1.54, 1.807) is 6.20 Å². The second kappa shape index (κ2) is 8.37. The summed E-state index contributed by atoms with van der Waals surface area (Å²) in [4.78, 5) is 4.33. The zero-order valence-electron chi connectivity index (χ0n) is 14.2. The van der Waals surface area contributed by atoms with Gasteiger partial charge in [-0.05, 0) is 51.0 Å². The molecule has 124 valence electrons. The van der Waals surface area contributed by atoms with Crippen molar-refractivity contribution in [1.82, 2.24) is 4.98 Å². The van der Waals surface area contributed by atoms with Crippen LogP contribution in [-0.2, 0) is 6.42 Å². The summed E-state index contributed by atoms with van der Waals surface area (Å²) in [7, 11) is 2.44. The Bertz CT molecular complexity index is 452. The first-order valence-electron chi connectivity index (χ1n) is 8.92. The number of nitrogens with zero attached hydrogens (tertiary/aromatic N) is 2. The molecule has 0 amide bonds. The zero-order chi connectivity index (χ0) is 15.8. The molecular formula is C18H33N4+. The lowest BCUT2D eigenvalue weighted by atomic mass is 10.1. The quantitative estimate of drug-likeness (QED) is 0.571. The molecule has 0 aliphatic carbocycles. The summed E-state index contributed by atoms with van der Waals surface area (Å²) < 4.78 is 1.31. The third kappa shape index (κ3) is 5.48. The molecule has 4 nitrogen and oxygen atoms in total. The number of likely N-dealkylation sites (tertiary alicyclic amines) is 1. The van der Waals surface area contributed by atoms with Crippen molar-refractivity contribution in [3.05, 3.63) is 18.0 Å². The number of pyridine rings is 1. The van der Waals surface area contributed by atoms with Gasteiger partial charge in [0.25, 0.3) is 0 Å². The third-order valence-electron chi connectivity index (χ3n) is 5.03. The minimum atomic E-state index is 0.649. The van der Waals surface area contributed by atoms with E-state index in [0.717, 1.165) is 17.8 Å². The second-order valence-corrected chi connectivity index (χ2v) is 7.17. The molecule has 4 heteroatoms. The molecule has 0 aromatic carbocycles. The fraction of sp³-hybridized carbons (Fsp3) is 0.722. The highest BCUT2D eigenvalue weighted by atomic mass is 15.3. The van der Waals surface area contributed by atoms with Crippen molar-refractivity contribution >= 4 is 11.4 Å². The van der Waals surface area contributed by atoms with Gasteiger partial charge in [0.2, 0.25) is 0 Å². The van der Waals surface area contributed by atoms with Gasteiger partial charge >= 0.3 is 0 Å². The number of rotatable bonds is 8. The summed E-state index contributed by atoms with van der Waals surface area (Å²) in [6, 6.07) is 1.81. The Hall–Kier alpha value is -1.29. The predicted molar refractivity (Wildman–Crippen MR) is 94.5 cm³/mol. The highest BCUT2D eigenvalue weighted by Crippen LogP contribution is 2.19. The number of hydrogen-bond donors (Lipinski definition) is 2. The Kier molecular flexibility index (Phi) is 6.49. The topological polar surface area (TPSA) is 64.9 Å². The largest absolute Gasteiger partial charge is 0.397 e. The number of aromatic nitrogens is 1. The minimum absolute atomic E-state index is 0.649. The van der Waals surface area contributed by atoms with Crippen molar-refractivity contribution in [1.29, 1.82) is 0 Å². The van der Waals surface area contributed by atoms with E-state index in [0.29, 0.717) is 5.69 Å². The maximum Gasteiger partial charge on any atom is 0.0784 e. The predicted octanol–water partition coefficient (Wildman–Crippen LogP) is 3.37. The number of nitrogen functional groups attached to an aromatic ring is 2. The lowest BCUT2D eigenvalue weighted by molar-refractivity contribution is -0.914. The molecule has 22 heavy (non-hydrogen) atoms. The van der Waals surface area contributed by atoms with E-state index < -0.39 is 0 Å². The molecule has 0 bridgehead atoms. The first kappa shape index (κ1) is 17.1. The van der Waals surface area contributed by atoms with Gasteiger partial charge in [-0.25, -0.2) is 0 Å². The summed E-state index contributed by atoms with van der Waals surface area (Å²) in [5, 5.41) is 0. The summed E-state index contributed by atoms with van der Waals surface area (Å²) in [5.74, 6) is 0. The maximum absolute atomic E-state index is 5.94. The average Bonchev–Trinajstić information content (AvgIpc) is 2.49. The van der Waals surface area contributed by atoms with Crippen molar-refractivity contribution in [2.24, 2.45) is 0 Å². The maximum atomic E-state index is 5.94. The van der Waals surface area contributed by atoms with Crippen LogP contribution in [0.3, 0.4) is 0 Å². The molecule has 1 aliphatic rings. The highest BCUT2D eigenvalue weighted by Gasteiger charge is 2.23. The standard InChI is InChI=1S/C18H33N4/c1-22(12-8-5-9-13-22)11-7-4-2-3-6-10-18-17(20)14-16(19)15-21-18/h14-15H,2-13,19-20H2,1H3/q+1. The molecule has 0 saturated carbocycles. The van der Waals surface area contributed by atoms with Crippen LogP contribution in [0.4, 0.5) is 11.4 Å². The summed E-state index contributed by atoms with van der Waals surface area (Å²) >= 11 is 0. The van der Waals surface area contributed by atoms with E-state index in [-0.39, 0.29) is 0 Å². The monoisotopic (exact) mass is 305 g/mol. The first-order valence-corrected chi connectivity index (χ1v) is 8.92. The highest BCUT2D eigenvalue weighted by molar-refractivity contribution is 5.52. The number of aryl methyl sites for hydroxylation is 1. The van der Waals surface area contributed by atoms with Crippen LogP contribution in [0.25, 0.3) is 0 Å². The minimum Gasteiger partial charge on any atom is -0.397 e.